The van der Waals surface area contributed by atoms with E-state index in [0.717, 1.165) is 38.1 Å². The van der Waals surface area contributed by atoms with Crippen LogP contribution >= 0.6 is 24.0 Å². The molecule has 0 spiro atoms. The summed E-state index contributed by atoms with van der Waals surface area (Å²) in [6.45, 7) is 3.27. The molecule has 0 atom stereocenters. The molecule has 0 saturated carbocycles. The number of likely N-dealkylation sites (tertiary alicyclic amines) is 1. The van der Waals surface area contributed by atoms with Gasteiger partial charge in [0, 0.05) is 24.7 Å². The van der Waals surface area contributed by atoms with E-state index in [9.17, 15) is 4.79 Å². The Morgan fingerprint density at radius 2 is 1.88 bits per heavy atom. The molecule has 24 heavy (non-hydrogen) atoms. The van der Waals surface area contributed by atoms with Gasteiger partial charge in [-0.1, -0.05) is 11.6 Å². The first kappa shape index (κ1) is 21.0. The first-order valence-corrected chi connectivity index (χ1v) is 8.54. The van der Waals surface area contributed by atoms with Gasteiger partial charge < -0.3 is 20.1 Å². The molecular weight excluding hydrogens is 351 g/mol. The van der Waals surface area contributed by atoms with Gasteiger partial charge in [0.1, 0.15) is 5.75 Å². The lowest BCUT2D eigenvalue weighted by Gasteiger charge is -2.32. The van der Waals surface area contributed by atoms with Gasteiger partial charge in [-0.25, -0.2) is 0 Å². The van der Waals surface area contributed by atoms with Gasteiger partial charge in [0.15, 0.2) is 0 Å². The van der Waals surface area contributed by atoms with Crippen molar-refractivity contribution < 1.29 is 14.3 Å². The van der Waals surface area contributed by atoms with Crippen molar-refractivity contribution in [2.45, 2.75) is 31.8 Å². The van der Waals surface area contributed by atoms with Crippen LogP contribution < -0.4 is 10.5 Å². The topological polar surface area (TPSA) is 64.8 Å². The van der Waals surface area contributed by atoms with E-state index in [2.05, 4.69) is 0 Å². The third-order valence-corrected chi connectivity index (χ3v) is 4.15. The maximum absolute atomic E-state index is 12.2. The predicted octanol–water partition coefficient (Wildman–Crippen LogP) is 2.89. The highest BCUT2D eigenvalue weighted by Gasteiger charge is 2.22. The Balaban J connectivity index is 0.00000288. The summed E-state index contributed by atoms with van der Waals surface area (Å²) in [5, 5.41) is 0.671. The van der Waals surface area contributed by atoms with Crippen LogP contribution in [0.15, 0.2) is 24.3 Å². The maximum atomic E-state index is 12.2. The number of benzene rings is 1. The molecule has 2 rings (SSSR count). The number of amides is 1. The minimum Gasteiger partial charge on any atom is -0.493 e. The first-order chi connectivity index (χ1) is 11.2. The predicted molar refractivity (Wildman–Crippen MR) is 98.0 cm³/mol. The molecule has 1 aromatic rings. The van der Waals surface area contributed by atoms with E-state index in [1.54, 1.807) is 24.3 Å². The van der Waals surface area contributed by atoms with Crippen molar-refractivity contribution >= 4 is 29.9 Å². The van der Waals surface area contributed by atoms with Gasteiger partial charge in [0.25, 0.3) is 0 Å². The van der Waals surface area contributed by atoms with Crippen molar-refractivity contribution in [3.05, 3.63) is 29.3 Å². The van der Waals surface area contributed by atoms with E-state index >= 15 is 0 Å². The summed E-state index contributed by atoms with van der Waals surface area (Å²) in [5.41, 5.74) is 5.45. The molecule has 0 aromatic heterocycles. The molecule has 1 aromatic carbocycles. The average molecular weight is 377 g/mol. The molecule has 1 aliphatic heterocycles. The zero-order chi connectivity index (χ0) is 16.5. The second-order valence-corrected chi connectivity index (χ2v) is 6.08. The SMILES string of the molecule is Cl.NCCCOC1CCN(C(=O)CCOc2ccc(Cl)cc2)CC1. The van der Waals surface area contributed by atoms with E-state index in [1.165, 1.54) is 0 Å². The van der Waals surface area contributed by atoms with Crippen molar-refractivity contribution in [1.29, 1.82) is 0 Å². The van der Waals surface area contributed by atoms with Crippen molar-refractivity contribution in [1.82, 2.24) is 4.90 Å². The molecule has 5 nitrogen and oxygen atoms in total. The lowest BCUT2D eigenvalue weighted by atomic mass is 10.1. The number of hydrogen-bond acceptors (Lipinski definition) is 4. The Morgan fingerprint density at radius 1 is 1.21 bits per heavy atom. The van der Waals surface area contributed by atoms with Gasteiger partial charge in [-0.2, -0.15) is 0 Å². The fraction of sp³-hybridized carbons (Fsp3) is 0.588. The number of nitrogens with zero attached hydrogens (tertiary/aromatic N) is 1. The van der Waals surface area contributed by atoms with Crippen LogP contribution in [0.4, 0.5) is 0 Å². The molecule has 1 amide bonds. The fourth-order valence-electron chi connectivity index (χ4n) is 2.55. The summed E-state index contributed by atoms with van der Waals surface area (Å²) in [5.74, 6) is 0.869. The Kier molecular flexibility index (Phi) is 10.1. The molecule has 1 fully saturated rings. The molecule has 7 heteroatoms. The summed E-state index contributed by atoms with van der Waals surface area (Å²) < 4.78 is 11.3. The number of carbonyl (C=O) groups excluding carboxylic acids is 1. The monoisotopic (exact) mass is 376 g/mol. The highest BCUT2D eigenvalue weighted by molar-refractivity contribution is 6.30. The van der Waals surface area contributed by atoms with Crippen LogP contribution in [0.1, 0.15) is 25.7 Å². The van der Waals surface area contributed by atoms with E-state index < -0.39 is 0 Å². The normalized spacial score (nSPS) is 15.0. The molecule has 0 unspecified atom stereocenters. The molecule has 1 aliphatic rings. The van der Waals surface area contributed by atoms with Crippen molar-refractivity contribution in [3.63, 3.8) is 0 Å². The molecule has 1 saturated heterocycles. The van der Waals surface area contributed by atoms with E-state index in [4.69, 9.17) is 26.8 Å². The van der Waals surface area contributed by atoms with Gasteiger partial charge in [-0.05, 0) is 50.1 Å². The molecule has 2 N–H and O–H groups in total. The van der Waals surface area contributed by atoms with Crippen LogP contribution in [0.5, 0.6) is 5.75 Å². The van der Waals surface area contributed by atoms with Gasteiger partial charge in [-0.15, -0.1) is 12.4 Å². The zero-order valence-corrected chi connectivity index (χ0v) is 15.4. The number of halogens is 2. The highest BCUT2D eigenvalue weighted by atomic mass is 35.5. The number of carbonyl (C=O) groups is 1. The molecule has 136 valence electrons. The Labute approximate surface area is 154 Å². The van der Waals surface area contributed by atoms with Crippen LogP contribution in [0.2, 0.25) is 5.02 Å². The lowest BCUT2D eigenvalue weighted by Crippen LogP contribution is -2.41. The quantitative estimate of drug-likeness (QED) is 0.708. The van der Waals surface area contributed by atoms with Crippen LogP contribution in [-0.4, -0.2) is 49.8 Å². The summed E-state index contributed by atoms with van der Waals surface area (Å²) in [7, 11) is 0. The number of nitrogens with two attached hydrogens (primary N) is 1. The summed E-state index contributed by atoms with van der Waals surface area (Å²) in [6.07, 6.45) is 3.33. The van der Waals surface area contributed by atoms with Crippen molar-refractivity contribution in [2.24, 2.45) is 5.73 Å². The maximum Gasteiger partial charge on any atom is 0.226 e. The van der Waals surface area contributed by atoms with Gasteiger partial charge in [0.2, 0.25) is 5.91 Å². The zero-order valence-electron chi connectivity index (χ0n) is 13.8. The summed E-state index contributed by atoms with van der Waals surface area (Å²) in [6, 6.07) is 7.15. The van der Waals surface area contributed by atoms with Gasteiger partial charge >= 0.3 is 0 Å². The molecule has 0 radical (unpaired) electrons. The van der Waals surface area contributed by atoms with E-state index in [0.29, 0.717) is 31.2 Å². The third kappa shape index (κ3) is 7.26. The van der Waals surface area contributed by atoms with Crippen LogP contribution in [-0.2, 0) is 9.53 Å². The Bertz CT molecular complexity index is 477. The molecule has 0 aliphatic carbocycles. The van der Waals surface area contributed by atoms with Crippen molar-refractivity contribution in [3.8, 4) is 5.75 Å². The smallest absolute Gasteiger partial charge is 0.226 e. The largest absolute Gasteiger partial charge is 0.493 e. The number of hydrogen-bond donors (Lipinski definition) is 1. The summed E-state index contributed by atoms with van der Waals surface area (Å²) >= 11 is 5.82. The number of ether oxygens (including phenoxy) is 2. The van der Waals surface area contributed by atoms with Gasteiger partial charge in [0.05, 0.1) is 19.1 Å². The molecular formula is C17H26Cl2N2O3. The second-order valence-electron chi connectivity index (χ2n) is 5.65. The number of piperidine rings is 1. The Hall–Kier alpha value is -1.01. The molecule has 0 bridgehead atoms. The van der Waals surface area contributed by atoms with Gasteiger partial charge in [-0.3, -0.25) is 4.79 Å². The molecule has 1 heterocycles. The number of rotatable bonds is 8. The average Bonchev–Trinajstić information content (AvgIpc) is 2.57. The van der Waals surface area contributed by atoms with Crippen LogP contribution in [0.25, 0.3) is 0 Å². The standard InChI is InChI=1S/C17H25ClN2O3.ClH/c18-14-2-4-15(5-3-14)23-13-8-17(21)20-10-6-16(7-11-20)22-12-1-9-19;/h2-5,16H,1,6-13,19H2;1H. The van der Waals surface area contributed by atoms with E-state index in [1.807, 2.05) is 4.90 Å². The minimum atomic E-state index is 0. The van der Waals surface area contributed by atoms with Crippen LogP contribution in [0.3, 0.4) is 0 Å². The summed E-state index contributed by atoms with van der Waals surface area (Å²) in [4.78, 5) is 14.1. The highest BCUT2D eigenvalue weighted by Crippen LogP contribution is 2.17. The Morgan fingerprint density at radius 3 is 2.50 bits per heavy atom. The minimum absolute atomic E-state index is 0. The lowest BCUT2D eigenvalue weighted by molar-refractivity contribution is -0.134. The fourth-order valence-corrected chi connectivity index (χ4v) is 2.68. The second kappa shape index (κ2) is 11.5. The van der Waals surface area contributed by atoms with Crippen LogP contribution in [0, 0.1) is 0 Å². The third-order valence-electron chi connectivity index (χ3n) is 3.89. The van der Waals surface area contributed by atoms with Crippen molar-refractivity contribution in [2.75, 3.05) is 32.8 Å². The first-order valence-electron chi connectivity index (χ1n) is 8.17. The van der Waals surface area contributed by atoms with E-state index in [-0.39, 0.29) is 24.4 Å².